The summed E-state index contributed by atoms with van der Waals surface area (Å²) in [6.45, 7) is 0. The third kappa shape index (κ3) is 3.21. The van der Waals surface area contributed by atoms with Crippen molar-refractivity contribution in [3.05, 3.63) is 83.1 Å². The van der Waals surface area contributed by atoms with Gasteiger partial charge in [-0.1, -0.05) is 47.5 Å². The fourth-order valence-electron chi connectivity index (χ4n) is 3.55. The summed E-state index contributed by atoms with van der Waals surface area (Å²) in [7, 11) is 0. The highest BCUT2D eigenvalue weighted by Gasteiger charge is 2.18. The van der Waals surface area contributed by atoms with E-state index < -0.39 is 0 Å². The lowest BCUT2D eigenvalue weighted by Crippen LogP contribution is -2.00. The Morgan fingerprint density at radius 3 is 1.31 bits per heavy atom. The fourth-order valence-corrected chi connectivity index (χ4v) is 3.87. The number of aromatic nitrogens is 6. The van der Waals surface area contributed by atoms with Gasteiger partial charge in [0.2, 0.25) is 0 Å². The number of hydrogen-bond donors (Lipinski definition) is 0. The van der Waals surface area contributed by atoms with E-state index in [0.717, 1.165) is 22.1 Å². The van der Waals surface area contributed by atoms with E-state index in [1.165, 1.54) is 0 Å². The molecule has 0 saturated heterocycles. The van der Waals surface area contributed by atoms with Crippen LogP contribution in [-0.4, -0.2) is 29.9 Å². The second-order valence-corrected chi connectivity index (χ2v) is 7.98. The highest BCUT2D eigenvalue weighted by atomic mass is 35.5. The van der Waals surface area contributed by atoms with Gasteiger partial charge in [0.15, 0.2) is 0 Å². The minimum atomic E-state index is 0.405. The first-order chi connectivity index (χ1) is 15.7. The summed E-state index contributed by atoms with van der Waals surface area (Å²) in [5, 5.41) is 0.810. The maximum atomic E-state index is 6.24. The molecule has 32 heavy (non-hydrogen) atoms. The van der Waals surface area contributed by atoms with E-state index in [9.17, 15) is 0 Å². The number of halogens is 2. The molecule has 6 nitrogen and oxygen atoms in total. The van der Waals surface area contributed by atoms with E-state index in [1.807, 2.05) is 48.5 Å². The Hall–Kier alpha value is -3.74. The molecule has 0 atom stereocenters. The van der Waals surface area contributed by atoms with Gasteiger partial charge in [-0.2, -0.15) is 0 Å². The van der Waals surface area contributed by atoms with E-state index in [2.05, 4.69) is 9.97 Å². The minimum absolute atomic E-state index is 0.405. The van der Waals surface area contributed by atoms with Gasteiger partial charge in [0.25, 0.3) is 0 Å². The van der Waals surface area contributed by atoms with Crippen LogP contribution in [0.5, 0.6) is 0 Å². The zero-order valence-corrected chi connectivity index (χ0v) is 17.9. The van der Waals surface area contributed by atoms with Gasteiger partial charge in [0.1, 0.15) is 22.8 Å². The molecule has 0 aliphatic rings. The smallest absolute Gasteiger partial charge is 0.119 e. The summed E-state index contributed by atoms with van der Waals surface area (Å²) in [4.78, 5) is 28.3. The van der Waals surface area contributed by atoms with Crippen molar-refractivity contribution in [2.75, 3.05) is 0 Å². The van der Waals surface area contributed by atoms with Crippen molar-refractivity contribution in [1.82, 2.24) is 29.9 Å². The van der Waals surface area contributed by atoms with Crippen LogP contribution in [0.4, 0.5) is 0 Å². The van der Waals surface area contributed by atoms with Gasteiger partial charge in [0.05, 0.1) is 55.5 Å². The molecule has 0 bridgehead atoms. The van der Waals surface area contributed by atoms with Crippen LogP contribution in [0.3, 0.4) is 0 Å². The van der Waals surface area contributed by atoms with Gasteiger partial charge >= 0.3 is 0 Å². The average Bonchev–Trinajstić information content (AvgIpc) is 2.83. The van der Waals surface area contributed by atoms with E-state index in [4.69, 9.17) is 43.1 Å². The molecular weight excluding hydrogens is 443 g/mol. The molecule has 0 fully saturated rings. The van der Waals surface area contributed by atoms with Crippen LogP contribution in [0, 0.1) is 0 Å². The Bertz CT molecular complexity index is 1540. The highest BCUT2D eigenvalue weighted by Crippen LogP contribution is 2.33. The Balaban J connectivity index is 1.66. The van der Waals surface area contributed by atoms with Crippen molar-refractivity contribution in [2.45, 2.75) is 0 Å². The highest BCUT2D eigenvalue weighted by molar-refractivity contribution is 6.42. The van der Waals surface area contributed by atoms with Crippen molar-refractivity contribution in [2.24, 2.45) is 0 Å². The number of hydrogen-bond acceptors (Lipinski definition) is 6. The first kappa shape index (κ1) is 19.0. The third-order valence-corrected chi connectivity index (χ3v) is 5.81. The first-order valence-electron chi connectivity index (χ1n) is 9.77. The van der Waals surface area contributed by atoms with Crippen LogP contribution < -0.4 is 0 Å². The standard InChI is InChI=1S/C24H12Cl2N6/c25-13-9-19-20(10-14(13)26)32-24(22-12-28-16-6-2-4-8-18(16)30-22)23(31-19)21-11-27-15-5-1-3-7-17(15)29-21/h1-12H. The molecule has 0 radical (unpaired) electrons. The van der Waals surface area contributed by atoms with Crippen molar-refractivity contribution in [3.8, 4) is 22.8 Å². The van der Waals surface area contributed by atoms with Crippen LogP contribution in [0.2, 0.25) is 10.0 Å². The molecule has 0 unspecified atom stereocenters. The summed E-state index contributed by atoms with van der Waals surface area (Å²) >= 11 is 12.5. The molecule has 0 aliphatic heterocycles. The minimum Gasteiger partial charge on any atom is -0.252 e. The summed E-state index contributed by atoms with van der Waals surface area (Å²) in [6.07, 6.45) is 3.38. The van der Waals surface area contributed by atoms with Crippen molar-refractivity contribution in [3.63, 3.8) is 0 Å². The molecule has 6 aromatic rings. The van der Waals surface area contributed by atoms with Gasteiger partial charge < -0.3 is 0 Å². The van der Waals surface area contributed by atoms with Crippen LogP contribution in [0.25, 0.3) is 55.9 Å². The first-order valence-corrected chi connectivity index (χ1v) is 10.5. The van der Waals surface area contributed by atoms with Gasteiger partial charge in [-0.05, 0) is 36.4 Å². The Labute approximate surface area is 192 Å². The average molecular weight is 455 g/mol. The lowest BCUT2D eigenvalue weighted by Gasteiger charge is -2.11. The zero-order chi connectivity index (χ0) is 21.7. The molecule has 0 saturated carbocycles. The molecule has 3 aromatic carbocycles. The number of nitrogens with zero attached hydrogens (tertiary/aromatic N) is 6. The molecule has 8 heteroatoms. The van der Waals surface area contributed by atoms with Gasteiger partial charge in [-0.25, -0.2) is 19.9 Å². The van der Waals surface area contributed by atoms with Crippen LogP contribution in [0.15, 0.2) is 73.1 Å². The maximum Gasteiger partial charge on any atom is 0.119 e. The zero-order valence-electron chi connectivity index (χ0n) is 16.4. The monoisotopic (exact) mass is 454 g/mol. The summed E-state index contributed by atoms with van der Waals surface area (Å²) in [5.41, 5.74) is 6.55. The van der Waals surface area contributed by atoms with Crippen molar-refractivity contribution in [1.29, 1.82) is 0 Å². The Morgan fingerprint density at radius 1 is 0.469 bits per heavy atom. The summed E-state index contributed by atoms with van der Waals surface area (Å²) < 4.78 is 0. The predicted octanol–water partition coefficient (Wildman–Crippen LogP) is 6.16. The quantitative estimate of drug-likeness (QED) is 0.311. The molecule has 3 heterocycles. The molecule has 0 amide bonds. The third-order valence-electron chi connectivity index (χ3n) is 5.09. The number of benzene rings is 3. The maximum absolute atomic E-state index is 6.24. The second-order valence-electron chi connectivity index (χ2n) is 7.16. The molecule has 3 aromatic heterocycles. The molecule has 0 N–H and O–H groups in total. The topological polar surface area (TPSA) is 77.3 Å². The predicted molar refractivity (Wildman–Crippen MR) is 127 cm³/mol. The van der Waals surface area contributed by atoms with E-state index in [0.29, 0.717) is 43.9 Å². The number of para-hydroxylation sites is 4. The van der Waals surface area contributed by atoms with E-state index in [1.54, 1.807) is 24.5 Å². The van der Waals surface area contributed by atoms with E-state index >= 15 is 0 Å². The molecule has 0 aliphatic carbocycles. The molecule has 6 rings (SSSR count). The summed E-state index contributed by atoms with van der Waals surface area (Å²) in [5.74, 6) is 0. The van der Waals surface area contributed by atoms with Crippen molar-refractivity contribution < 1.29 is 0 Å². The fraction of sp³-hybridized carbons (Fsp3) is 0. The molecular formula is C24H12Cl2N6. The van der Waals surface area contributed by atoms with Crippen molar-refractivity contribution >= 4 is 56.3 Å². The summed E-state index contributed by atoms with van der Waals surface area (Å²) in [6, 6.07) is 18.7. The van der Waals surface area contributed by atoms with Gasteiger partial charge in [-0.3, -0.25) is 9.97 Å². The number of fused-ring (bicyclic) bond motifs is 3. The largest absolute Gasteiger partial charge is 0.252 e. The Morgan fingerprint density at radius 2 is 0.875 bits per heavy atom. The SMILES string of the molecule is Clc1cc2nc(-c3cnc4ccccc4n3)c(-c3cnc4ccccc4n3)nc2cc1Cl. The van der Waals surface area contributed by atoms with Crippen LogP contribution in [-0.2, 0) is 0 Å². The normalized spacial score (nSPS) is 11.4. The van der Waals surface area contributed by atoms with Crippen LogP contribution >= 0.6 is 23.2 Å². The van der Waals surface area contributed by atoms with E-state index in [-0.39, 0.29) is 0 Å². The molecule has 0 spiro atoms. The lowest BCUT2D eigenvalue weighted by atomic mass is 10.1. The van der Waals surface area contributed by atoms with Crippen LogP contribution in [0.1, 0.15) is 0 Å². The molecule has 152 valence electrons. The second kappa shape index (κ2) is 7.44. The lowest BCUT2D eigenvalue weighted by molar-refractivity contribution is 1.20. The van der Waals surface area contributed by atoms with Gasteiger partial charge in [0, 0.05) is 0 Å². The number of rotatable bonds is 2. The van der Waals surface area contributed by atoms with Gasteiger partial charge in [-0.15, -0.1) is 0 Å². The Kier molecular flexibility index (Phi) is 4.41.